The van der Waals surface area contributed by atoms with Crippen molar-refractivity contribution in [2.24, 2.45) is 0 Å². The number of aromatic nitrogens is 2. The smallest absolute Gasteiger partial charge is 0.267 e. The lowest BCUT2D eigenvalue weighted by Crippen LogP contribution is -2.47. The van der Waals surface area contributed by atoms with E-state index in [2.05, 4.69) is 9.59 Å². The van der Waals surface area contributed by atoms with Crippen LogP contribution in [0.15, 0.2) is 0 Å². The van der Waals surface area contributed by atoms with E-state index in [4.69, 9.17) is 4.74 Å². The van der Waals surface area contributed by atoms with Gasteiger partial charge in [-0.3, -0.25) is 4.79 Å². The Kier molecular flexibility index (Phi) is 4.72. The van der Waals surface area contributed by atoms with Crippen molar-refractivity contribution >= 4 is 17.4 Å². The summed E-state index contributed by atoms with van der Waals surface area (Å²) in [6.45, 7) is 5.36. The molecule has 1 aromatic rings. The summed E-state index contributed by atoms with van der Waals surface area (Å²) in [6, 6.07) is 0. The topological polar surface area (TPSA) is 75.6 Å². The molecule has 6 nitrogen and oxygen atoms in total. The number of ether oxygens (including phenoxy) is 1. The molecule has 0 saturated carbocycles. The maximum Gasteiger partial charge on any atom is 0.267 e. The number of hydrogen-bond donors (Lipinski definition) is 1. The highest BCUT2D eigenvalue weighted by atomic mass is 32.1. The molecule has 112 valence electrons. The molecule has 1 N–H and O–H groups in total. The van der Waals surface area contributed by atoms with Crippen LogP contribution in [0.3, 0.4) is 0 Å². The van der Waals surface area contributed by atoms with Crippen LogP contribution < -0.4 is 0 Å². The molecular weight excluding hydrogens is 278 g/mol. The highest BCUT2D eigenvalue weighted by Crippen LogP contribution is 2.24. The van der Waals surface area contributed by atoms with Crippen molar-refractivity contribution in [1.29, 1.82) is 0 Å². The van der Waals surface area contributed by atoms with Gasteiger partial charge in [0.05, 0.1) is 11.3 Å². The van der Waals surface area contributed by atoms with Crippen LogP contribution in [0.5, 0.6) is 0 Å². The Hall–Kier alpha value is -1.05. The molecule has 1 aliphatic heterocycles. The standard InChI is InChI=1S/C13H21N3O3S/c1-9(2)10-11(20-15-14-10)12(17)16(3)8-13(18)4-6-19-7-5-13/h9,18H,4-8H2,1-3H3. The predicted octanol–water partition coefficient (Wildman–Crippen LogP) is 1.28. The van der Waals surface area contributed by atoms with Crippen LogP contribution in [0.25, 0.3) is 0 Å². The van der Waals surface area contributed by atoms with Crippen molar-refractivity contribution in [3.05, 3.63) is 10.6 Å². The molecular formula is C13H21N3O3S. The van der Waals surface area contributed by atoms with E-state index >= 15 is 0 Å². The molecule has 7 heteroatoms. The van der Waals surface area contributed by atoms with Crippen LogP contribution in [0.4, 0.5) is 0 Å². The second kappa shape index (κ2) is 6.15. The summed E-state index contributed by atoms with van der Waals surface area (Å²) in [4.78, 5) is 14.6. The van der Waals surface area contributed by atoms with Gasteiger partial charge in [0.2, 0.25) is 0 Å². The van der Waals surface area contributed by atoms with Gasteiger partial charge in [0.15, 0.2) is 0 Å². The first kappa shape index (κ1) is 15.3. The van der Waals surface area contributed by atoms with Gasteiger partial charge in [0.25, 0.3) is 5.91 Å². The summed E-state index contributed by atoms with van der Waals surface area (Å²) in [5.41, 5.74) is -0.121. The Morgan fingerprint density at radius 2 is 2.15 bits per heavy atom. The number of aliphatic hydroxyl groups is 1. The molecule has 2 heterocycles. The fourth-order valence-corrected chi connectivity index (χ4v) is 3.13. The molecule has 1 fully saturated rings. The predicted molar refractivity (Wildman–Crippen MR) is 76.0 cm³/mol. The fraction of sp³-hybridized carbons (Fsp3) is 0.769. The maximum atomic E-state index is 12.5. The van der Waals surface area contributed by atoms with E-state index < -0.39 is 5.60 Å². The summed E-state index contributed by atoms with van der Waals surface area (Å²) in [6.07, 6.45) is 1.12. The SMILES string of the molecule is CC(C)c1nnsc1C(=O)N(C)CC1(O)CCOCC1. The molecule has 0 radical (unpaired) electrons. The van der Waals surface area contributed by atoms with E-state index in [-0.39, 0.29) is 11.8 Å². The maximum absolute atomic E-state index is 12.5. The zero-order chi connectivity index (χ0) is 14.8. The lowest BCUT2D eigenvalue weighted by atomic mass is 9.94. The van der Waals surface area contributed by atoms with Crippen LogP contribution in [-0.4, -0.2) is 57.9 Å². The van der Waals surface area contributed by atoms with Gasteiger partial charge in [0, 0.05) is 39.6 Å². The Morgan fingerprint density at radius 1 is 1.50 bits per heavy atom. The van der Waals surface area contributed by atoms with Gasteiger partial charge in [0.1, 0.15) is 4.88 Å². The molecule has 1 amide bonds. The van der Waals surface area contributed by atoms with E-state index in [1.54, 1.807) is 11.9 Å². The van der Waals surface area contributed by atoms with Crippen LogP contribution in [0, 0.1) is 0 Å². The summed E-state index contributed by atoms with van der Waals surface area (Å²) in [5.74, 6) is 0.0379. The molecule has 1 aliphatic rings. The van der Waals surface area contributed by atoms with Gasteiger partial charge >= 0.3 is 0 Å². The first-order valence-corrected chi connectivity index (χ1v) is 7.58. The average Bonchev–Trinajstić information content (AvgIpc) is 2.87. The van der Waals surface area contributed by atoms with Crippen LogP contribution in [0.1, 0.15) is 48.0 Å². The summed E-state index contributed by atoms with van der Waals surface area (Å²) in [7, 11) is 1.71. The Labute approximate surface area is 122 Å². The third kappa shape index (κ3) is 3.34. The van der Waals surface area contributed by atoms with Gasteiger partial charge in [-0.15, -0.1) is 5.10 Å². The summed E-state index contributed by atoms with van der Waals surface area (Å²) in [5, 5.41) is 14.5. The van der Waals surface area contributed by atoms with Gasteiger partial charge in [-0.25, -0.2) is 0 Å². The van der Waals surface area contributed by atoms with Crippen molar-refractivity contribution in [3.8, 4) is 0 Å². The Bertz CT molecular complexity index is 469. The van der Waals surface area contributed by atoms with E-state index in [0.29, 0.717) is 37.5 Å². The molecule has 2 rings (SSSR count). The number of likely N-dealkylation sites (N-methyl/N-ethyl adjacent to an activating group) is 1. The molecule has 0 aromatic carbocycles. The van der Waals surface area contributed by atoms with E-state index in [0.717, 1.165) is 17.2 Å². The van der Waals surface area contributed by atoms with Crippen molar-refractivity contribution in [1.82, 2.24) is 14.5 Å². The third-order valence-corrected chi connectivity index (χ3v) is 4.29. The summed E-state index contributed by atoms with van der Waals surface area (Å²) >= 11 is 1.12. The second-order valence-electron chi connectivity index (χ2n) is 5.64. The largest absolute Gasteiger partial charge is 0.388 e. The number of carbonyl (C=O) groups excluding carboxylic acids is 1. The van der Waals surface area contributed by atoms with Crippen LogP contribution >= 0.6 is 11.5 Å². The minimum Gasteiger partial charge on any atom is -0.388 e. The van der Waals surface area contributed by atoms with E-state index in [1.807, 2.05) is 13.8 Å². The highest BCUT2D eigenvalue weighted by Gasteiger charge is 2.33. The minimum absolute atomic E-state index is 0.122. The number of amides is 1. The van der Waals surface area contributed by atoms with Crippen LogP contribution in [-0.2, 0) is 4.74 Å². The highest BCUT2D eigenvalue weighted by molar-refractivity contribution is 7.08. The normalized spacial score (nSPS) is 18.2. The summed E-state index contributed by atoms with van der Waals surface area (Å²) < 4.78 is 9.12. The van der Waals surface area contributed by atoms with Gasteiger partial charge in [-0.2, -0.15) is 0 Å². The molecule has 0 spiro atoms. The second-order valence-corrected chi connectivity index (χ2v) is 6.39. The number of rotatable bonds is 4. The number of hydrogen-bond acceptors (Lipinski definition) is 6. The van der Waals surface area contributed by atoms with Crippen molar-refractivity contribution < 1.29 is 14.6 Å². The molecule has 0 unspecified atom stereocenters. The van der Waals surface area contributed by atoms with Crippen molar-refractivity contribution in [2.75, 3.05) is 26.8 Å². The van der Waals surface area contributed by atoms with Gasteiger partial charge in [-0.05, 0) is 17.5 Å². The van der Waals surface area contributed by atoms with E-state index in [9.17, 15) is 9.90 Å². The third-order valence-electron chi connectivity index (χ3n) is 3.56. The van der Waals surface area contributed by atoms with Crippen LogP contribution in [0.2, 0.25) is 0 Å². The van der Waals surface area contributed by atoms with Crippen molar-refractivity contribution in [2.45, 2.75) is 38.2 Å². The first-order valence-electron chi connectivity index (χ1n) is 6.81. The zero-order valence-electron chi connectivity index (χ0n) is 12.1. The molecule has 0 atom stereocenters. The molecule has 1 aromatic heterocycles. The van der Waals surface area contributed by atoms with Gasteiger partial charge in [-0.1, -0.05) is 18.3 Å². The molecule has 0 aliphatic carbocycles. The fourth-order valence-electron chi connectivity index (χ4n) is 2.32. The number of carbonyl (C=O) groups is 1. The quantitative estimate of drug-likeness (QED) is 0.906. The van der Waals surface area contributed by atoms with E-state index in [1.165, 1.54) is 0 Å². The monoisotopic (exact) mass is 299 g/mol. The zero-order valence-corrected chi connectivity index (χ0v) is 12.9. The van der Waals surface area contributed by atoms with Gasteiger partial charge < -0.3 is 14.7 Å². The van der Waals surface area contributed by atoms with Crippen molar-refractivity contribution in [3.63, 3.8) is 0 Å². The lowest BCUT2D eigenvalue weighted by Gasteiger charge is -2.35. The lowest BCUT2D eigenvalue weighted by molar-refractivity contribution is -0.0734. The first-order chi connectivity index (χ1) is 9.43. The molecule has 1 saturated heterocycles. The molecule has 0 bridgehead atoms. The molecule has 20 heavy (non-hydrogen) atoms. The average molecular weight is 299 g/mol. The Balaban J connectivity index is 2.06. The number of nitrogens with zero attached hydrogens (tertiary/aromatic N) is 3. The minimum atomic E-state index is -0.848. The Morgan fingerprint density at radius 3 is 2.75 bits per heavy atom.